The number of rotatable bonds is 5. The average Bonchev–Trinajstić information content (AvgIpc) is 3.14. The summed E-state index contributed by atoms with van der Waals surface area (Å²) in [6, 6.07) is 9.98. The van der Waals surface area contributed by atoms with Crippen LogP contribution in [-0.2, 0) is 13.1 Å². The fraction of sp³-hybridized carbons (Fsp3) is 0.571. The maximum absolute atomic E-state index is 4.38. The van der Waals surface area contributed by atoms with Gasteiger partial charge in [-0.05, 0) is 50.3 Å². The molecular weight excluding hydrogens is 308 g/mol. The van der Waals surface area contributed by atoms with Gasteiger partial charge in [-0.2, -0.15) is 0 Å². The van der Waals surface area contributed by atoms with Gasteiger partial charge in [-0.25, -0.2) is 0 Å². The standard InChI is InChI=1S/C21H32N4/c1-17-9-7-8-14-25(17)16-19-11-4-3-10-18(19)15-23-21(22-2)24-20-12-5-6-13-20/h3-6,10-11,17,20H,7-9,12-16H2,1-2H3,(H2,22,23,24). The van der Waals surface area contributed by atoms with Gasteiger partial charge in [0.15, 0.2) is 5.96 Å². The minimum absolute atomic E-state index is 0.482. The Morgan fingerprint density at radius 1 is 1.16 bits per heavy atom. The first kappa shape index (κ1) is 18.0. The van der Waals surface area contributed by atoms with Crippen molar-refractivity contribution in [2.75, 3.05) is 13.6 Å². The molecule has 1 saturated heterocycles. The Labute approximate surface area is 152 Å². The molecule has 4 heteroatoms. The van der Waals surface area contributed by atoms with E-state index in [9.17, 15) is 0 Å². The van der Waals surface area contributed by atoms with Gasteiger partial charge in [-0.1, -0.05) is 42.8 Å². The van der Waals surface area contributed by atoms with Crippen LogP contribution in [0.1, 0.15) is 50.2 Å². The molecule has 0 spiro atoms. The molecule has 2 N–H and O–H groups in total. The minimum Gasteiger partial charge on any atom is -0.353 e. The smallest absolute Gasteiger partial charge is 0.191 e. The molecule has 2 aliphatic rings. The van der Waals surface area contributed by atoms with Crippen LogP contribution >= 0.6 is 0 Å². The Hall–Kier alpha value is -1.81. The van der Waals surface area contributed by atoms with Crippen LogP contribution in [0.2, 0.25) is 0 Å². The molecule has 1 aliphatic carbocycles. The lowest BCUT2D eigenvalue weighted by molar-refractivity contribution is 0.152. The molecule has 0 radical (unpaired) electrons. The number of guanidine groups is 1. The van der Waals surface area contributed by atoms with E-state index in [2.05, 4.69) is 63.9 Å². The van der Waals surface area contributed by atoms with E-state index in [1.54, 1.807) is 0 Å². The summed E-state index contributed by atoms with van der Waals surface area (Å²) < 4.78 is 0. The number of likely N-dealkylation sites (tertiary alicyclic amines) is 1. The highest BCUT2D eigenvalue weighted by Gasteiger charge is 2.19. The largest absolute Gasteiger partial charge is 0.353 e. The molecule has 1 heterocycles. The molecule has 25 heavy (non-hydrogen) atoms. The lowest BCUT2D eigenvalue weighted by Gasteiger charge is -2.33. The highest BCUT2D eigenvalue weighted by Crippen LogP contribution is 2.20. The molecule has 1 unspecified atom stereocenters. The van der Waals surface area contributed by atoms with E-state index < -0.39 is 0 Å². The number of piperidine rings is 1. The maximum atomic E-state index is 4.38. The second kappa shape index (κ2) is 9.04. The molecule has 3 rings (SSSR count). The summed E-state index contributed by atoms with van der Waals surface area (Å²) in [6.45, 7) is 5.46. The molecule has 1 atom stereocenters. The molecule has 1 aliphatic heterocycles. The van der Waals surface area contributed by atoms with E-state index in [-0.39, 0.29) is 0 Å². The van der Waals surface area contributed by atoms with Crippen molar-refractivity contribution < 1.29 is 0 Å². The summed E-state index contributed by atoms with van der Waals surface area (Å²) in [7, 11) is 1.85. The zero-order valence-electron chi connectivity index (χ0n) is 15.7. The Bertz CT molecular complexity index is 600. The van der Waals surface area contributed by atoms with Gasteiger partial charge in [-0.15, -0.1) is 0 Å². The van der Waals surface area contributed by atoms with Crippen LogP contribution in [-0.4, -0.2) is 36.5 Å². The Morgan fingerprint density at radius 2 is 1.92 bits per heavy atom. The SMILES string of the molecule is CN=C(NCc1ccccc1CN1CCCCC1C)NC1CC=CC1. The van der Waals surface area contributed by atoms with Gasteiger partial charge in [0.05, 0.1) is 0 Å². The van der Waals surface area contributed by atoms with Crippen LogP contribution in [0, 0.1) is 0 Å². The van der Waals surface area contributed by atoms with Crippen molar-refractivity contribution in [3.63, 3.8) is 0 Å². The summed E-state index contributed by atoms with van der Waals surface area (Å²) in [5, 5.41) is 7.00. The molecule has 0 amide bonds. The van der Waals surface area contributed by atoms with Crippen molar-refractivity contribution in [1.82, 2.24) is 15.5 Å². The summed E-state index contributed by atoms with van der Waals surface area (Å²) in [5.41, 5.74) is 2.80. The highest BCUT2D eigenvalue weighted by atomic mass is 15.2. The quantitative estimate of drug-likeness (QED) is 0.490. The molecule has 1 aromatic carbocycles. The fourth-order valence-electron chi connectivity index (χ4n) is 3.80. The first-order valence-corrected chi connectivity index (χ1v) is 9.69. The molecule has 136 valence electrons. The monoisotopic (exact) mass is 340 g/mol. The second-order valence-electron chi connectivity index (χ2n) is 7.29. The van der Waals surface area contributed by atoms with Crippen LogP contribution in [0.4, 0.5) is 0 Å². The zero-order chi connectivity index (χ0) is 17.5. The second-order valence-corrected chi connectivity index (χ2v) is 7.29. The third kappa shape index (κ3) is 5.08. The van der Waals surface area contributed by atoms with Gasteiger partial charge < -0.3 is 10.6 Å². The van der Waals surface area contributed by atoms with Crippen molar-refractivity contribution in [2.24, 2.45) is 4.99 Å². The molecule has 0 bridgehead atoms. The normalized spacial score (nSPS) is 22.3. The molecule has 1 aromatic rings. The fourth-order valence-corrected chi connectivity index (χ4v) is 3.80. The summed E-state index contributed by atoms with van der Waals surface area (Å²) >= 11 is 0. The van der Waals surface area contributed by atoms with Crippen molar-refractivity contribution >= 4 is 5.96 Å². The zero-order valence-corrected chi connectivity index (χ0v) is 15.7. The first-order valence-electron chi connectivity index (χ1n) is 9.69. The summed E-state index contributed by atoms with van der Waals surface area (Å²) in [4.78, 5) is 7.00. The van der Waals surface area contributed by atoms with Crippen LogP contribution in [0.25, 0.3) is 0 Å². The number of benzene rings is 1. The van der Waals surface area contributed by atoms with Crippen molar-refractivity contribution in [2.45, 2.75) is 64.2 Å². The Kier molecular flexibility index (Phi) is 6.51. The lowest BCUT2D eigenvalue weighted by Crippen LogP contribution is -2.42. The number of nitrogens with one attached hydrogen (secondary N) is 2. The molecule has 0 aromatic heterocycles. The molecule has 4 nitrogen and oxygen atoms in total. The van der Waals surface area contributed by atoms with Gasteiger partial charge >= 0.3 is 0 Å². The van der Waals surface area contributed by atoms with Gasteiger partial charge in [-0.3, -0.25) is 9.89 Å². The van der Waals surface area contributed by atoms with Crippen LogP contribution in [0.5, 0.6) is 0 Å². The van der Waals surface area contributed by atoms with Crippen LogP contribution < -0.4 is 10.6 Å². The Balaban J connectivity index is 1.58. The van der Waals surface area contributed by atoms with Gasteiger partial charge in [0, 0.05) is 32.2 Å². The van der Waals surface area contributed by atoms with Crippen LogP contribution in [0.3, 0.4) is 0 Å². The van der Waals surface area contributed by atoms with Gasteiger partial charge in [0.1, 0.15) is 0 Å². The van der Waals surface area contributed by atoms with E-state index in [1.807, 2.05) is 7.05 Å². The van der Waals surface area contributed by atoms with E-state index >= 15 is 0 Å². The topological polar surface area (TPSA) is 39.7 Å². The third-order valence-corrected chi connectivity index (χ3v) is 5.45. The summed E-state index contributed by atoms with van der Waals surface area (Å²) in [5.74, 6) is 0.898. The predicted molar refractivity (Wildman–Crippen MR) is 106 cm³/mol. The van der Waals surface area contributed by atoms with Crippen LogP contribution in [0.15, 0.2) is 41.4 Å². The number of hydrogen-bond donors (Lipinski definition) is 2. The van der Waals surface area contributed by atoms with E-state index in [1.165, 1.54) is 36.9 Å². The average molecular weight is 341 g/mol. The van der Waals surface area contributed by atoms with E-state index in [0.717, 1.165) is 31.9 Å². The van der Waals surface area contributed by atoms with E-state index in [0.29, 0.717) is 12.1 Å². The van der Waals surface area contributed by atoms with Crippen molar-refractivity contribution in [3.8, 4) is 0 Å². The highest BCUT2D eigenvalue weighted by molar-refractivity contribution is 5.80. The number of aliphatic imine (C=N–C) groups is 1. The van der Waals surface area contributed by atoms with Crippen molar-refractivity contribution in [1.29, 1.82) is 0 Å². The van der Waals surface area contributed by atoms with E-state index in [4.69, 9.17) is 0 Å². The molecule has 0 saturated carbocycles. The summed E-state index contributed by atoms with van der Waals surface area (Å²) in [6.07, 6.45) is 10.7. The third-order valence-electron chi connectivity index (χ3n) is 5.45. The van der Waals surface area contributed by atoms with Crippen molar-refractivity contribution in [3.05, 3.63) is 47.5 Å². The lowest BCUT2D eigenvalue weighted by atomic mass is 10.0. The number of nitrogens with zero attached hydrogens (tertiary/aromatic N) is 2. The predicted octanol–water partition coefficient (Wildman–Crippen LogP) is 3.44. The number of hydrogen-bond acceptors (Lipinski definition) is 2. The Morgan fingerprint density at radius 3 is 2.64 bits per heavy atom. The maximum Gasteiger partial charge on any atom is 0.191 e. The molecular formula is C21H32N4. The molecule has 1 fully saturated rings. The van der Waals surface area contributed by atoms with Gasteiger partial charge in [0.25, 0.3) is 0 Å². The first-order chi connectivity index (χ1) is 12.3. The minimum atomic E-state index is 0.482. The van der Waals surface area contributed by atoms with Gasteiger partial charge in [0.2, 0.25) is 0 Å².